The molecule has 0 bridgehead atoms. The average molecular weight is 546 g/mol. The molecule has 0 saturated heterocycles. The summed E-state index contributed by atoms with van der Waals surface area (Å²) in [7, 11) is -7.03. The van der Waals surface area contributed by atoms with E-state index in [4.69, 9.17) is 17.3 Å². The van der Waals surface area contributed by atoms with Gasteiger partial charge < -0.3 is 10.8 Å². The summed E-state index contributed by atoms with van der Waals surface area (Å²) in [5.74, 6) is -0.428. The summed E-state index contributed by atoms with van der Waals surface area (Å²) < 4.78 is 55.3. The van der Waals surface area contributed by atoms with E-state index < -0.39 is 25.7 Å². The number of halogens is 1. The Hall–Kier alpha value is -3.51. The van der Waals surface area contributed by atoms with Crippen molar-refractivity contribution in [3.8, 4) is 5.75 Å². The van der Waals surface area contributed by atoms with Crippen molar-refractivity contribution < 1.29 is 26.1 Å². The molecule has 0 fully saturated rings. The summed E-state index contributed by atoms with van der Waals surface area (Å²) in [6.45, 7) is 1.84. The predicted octanol–water partition coefficient (Wildman–Crippen LogP) is 5.67. The first-order valence-corrected chi connectivity index (χ1v) is 13.6. The van der Waals surface area contributed by atoms with Crippen molar-refractivity contribution in [1.29, 1.82) is 0 Å². The number of phenolic OH excluding ortho intramolecular Hbond substituents is 1. The van der Waals surface area contributed by atoms with E-state index in [1.165, 1.54) is 48.5 Å². The number of phenols is 1. The first kappa shape index (κ1) is 25.6. The number of aromatic hydroxyl groups is 1. The van der Waals surface area contributed by atoms with Gasteiger partial charge in [0.2, 0.25) is 9.84 Å². The van der Waals surface area contributed by atoms with Gasteiger partial charge >= 0.3 is 0 Å². The molecule has 4 aromatic carbocycles. The van der Waals surface area contributed by atoms with Crippen LogP contribution in [0.2, 0.25) is 5.02 Å². The molecule has 0 aliphatic rings. The fourth-order valence-electron chi connectivity index (χ4n) is 3.51. The first-order valence-electron chi connectivity index (χ1n) is 10.3. The highest BCUT2D eigenvalue weighted by molar-refractivity contribution is 7.91. The van der Waals surface area contributed by atoms with Crippen molar-refractivity contribution in [2.75, 3.05) is 12.8 Å². The predicted molar refractivity (Wildman–Crippen MR) is 136 cm³/mol. The third-order valence-electron chi connectivity index (χ3n) is 5.38. The van der Waals surface area contributed by atoms with Crippen LogP contribution in [0.3, 0.4) is 0 Å². The van der Waals surface area contributed by atoms with Crippen LogP contribution >= 0.6 is 11.6 Å². The van der Waals surface area contributed by atoms with Gasteiger partial charge in [-0.3, -0.25) is 4.18 Å². The highest BCUT2D eigenvalue weighted by atomic mass is 35.5. The molecule has 0 radical (unpaired) electrons. The number of hydrogen-bond donors (Lipinski definition) is 2. The van der Waals surface area contributed by atoms with E-state index in [1.807, 2.05) is 6.92 Å². The van der Waals surface area contributed by atoms with Gasteiger partial charge in [-0.1, -0.05) is 35.4 Å². The average Bonchev–Trinajstić information content (AvgIpc) is 2.83. The van der Waals surface area contributed by atoms with E-state index in [9.17, 15) is 21.9 Å². The molecule has 186 valence electrons. The standard InChI is InChI=1S/C24H20ClN3O6S2/c1-14-3-7-17(8-4-14)35(30,31)22-10-6-16(25)12-20(22)27-28-24-19(26)9-5-15-11-18(36(32,33)34-2)13-21(29)23(15)24/h3-13,29H,26H2,1-2H3. The van der Waals surface area contributed by atoms with Crippen molar-refractivity contribution >= 4 is 59.4 Å². The largest absolute Gasteiger partial charge is 0.507 e. The number of azo groups is 1. The molecule has 0 heterocycles. The van der Waals surface area contributed by atoms with Gasteiger partial charge in [0.15, 0.2) is 0 Å². The number of nitrogens with zero attached hydrogens (tertiary/aromatic N) is 2. The van der Waals surface area contributed by atoms with Crippen molar-refractivity contribution in [2.45, 2.75) is 21.6 Å². The normalized spacial score (nSPS) is 12.4. The number of hydrogen-bond acceptors (Lipinski definition) is 9. The SMILES string of the molecule is COS(=O)(=O)c1cc(O)c2c(N=Nc3cc(Cl)ccc3S(=O)(=O)c3ccc(C)cc3)c(N)ccc2c1. The molecular weight excluding hydrogens is 526 g/mol. The van der Waals surface area contributed by atoms with Gasteiger partial charge in [0.1, 0.15) is 17.1 Å². The molecule has 4 rings (SSSR count). The lowest BCUT2D eigenvalue weighted by molar-refractivity contribution is 0.397. The van der Waals surface area contributed by atoms with Crippen LogP contribution in [0.4, 0.5) is 17.1 Å². The van der Waals surface area contributed by atoms with Crippen molar-refractivity contribution in [1.82, 2.24) is 0 Å². The molecular formula is C24H20ClN3O6S2. The van der Waals surface area contributed by atoms with Gasteiger partial charge in [0.05, 0.1) is 32.9 Å². The Morgan fingerprint density at radius 3 is 2.25 bits per heavy atom. The zero-order valence-corrected chi connectivity index (χ0v) is 21.4. The minimum absolute atomic E-state index is 0.0185. The Bertz CT molecular complexity index is 1740. The summed E-state index contributed by atoms with van der Waals surface area (Å²) >= 11 is 6.11. The zero-order chi connectivity index (χ0) is 26.3. The zero-order valence-electron chi connectivity index (χ0n) is 19.0. The van der Waals surface area contributed by atoms with E-state index in [1.54, 1.807) is 12.1 Å². The lowest BCUT2D eigenvalue weighted by Gasteiger charge is -2.11. The molecule has 0 aliphatic heterocycles. The molecule has 0 saturated carbocycles. The van der Waals surface area contributed by atoms with E-state index >= 15 is 0 Å². The smallest absolute Gasteiger partial charge is 0.296 e. The van der Waals surface area contributed by atoms with Crippen LogP contribution < -0.4 is 5.73 Å². The van der Waals surface area contributed by atoms with Crippen molar-refractivity contribution in [2.24, 2.45) is 10.2 Å². The van der Waals surface area contributed by atoms with Crippen LogP contribution in [0.25, 0.3) is 10.8 Å². The Labute approximate surface area is 212 Å². The first-order chi connectivity index (χ1) is 16.9. The second-order valence-electron chi connectivity index (χ2n) is 7.79. The molecule has 0 atom stereocenters. The van der Waals surface area contributed by atoms with Gasteiger partial charge in [-0.15, -0.1) is 10.2 Å². The molecule has 4 aromatic rings. The van der Waals surface area contributed by atoms with E-state index in [2.05, 4.69) is 14.4 Å². The lowest BCUT2D eigenvalue weighted by Crippen LogP contribution is -2.02. The van der Waals surface area contributed by atoms with Crippen molar-refractivity contribution in [3.63, 3.8) is 0 Å². The lowest BCUT2D eigenvalue weighted by atomic mass is 10.1. The Morgan fingerprint density at radius 1 is 0.889 bits per heavy atom. The minimum Gasteiger partial charge on any atom is -0.507 e. The summed E-state index contributed by atoms with van der Waals surface area (Å²) in [5.41, 5.74) is 7.07. The molecule has 12 heteroatoms. The quantitative estimate of drug-likeness (QED) is 0.180. The van der Waals surface area contributed by atoms with Crippen LogP contribution in [0.1, 0.15) is 5.56 Å². The van der Waals surface area contributed by atoms with Gasteiger partial charge in [0, 0.05) is 11.1 Å². The molecule has 0 spiro atoms. The maximum absolute atomic E-state index is 13.3. The Kier molecular flexibility index (Phi) is 6.76. The van der Waals surface area contributed by atoms with Crippen LogP contribution in [-0.4, -0.2) is 29.1 Å². The molecule has 0 aromatic heterocycles. The molecule has 0 aliphatic carbocycles. The number of nitrogens with two attached hydrogens (primary N) is 1. The Morgan fingerprint density at radius 2 is 1.58 bits per heavy atom. The molecule has 0 unspecified atom stereocenters. The monoisotopic (exact) mass is 545 g/mol. The summed E-state index contributed by atoms with van der Waals surface area (Å²) in [6, 6.07) is 15.7. The molecule has 3 N–H and O–H groups in total. The Balaban J connectivity index is 1.88. The van der Waals surface area contributed by atoms with E-state index in [0.717, 1.165) is 18.7 Å². The maximum Gasteiger partial charge on any atom is 0.296 e. The number of aryl methyl sites for hydroxylation is 1. The third kappa shape index (κ3) is 4.78. The molecule has 9 nitrogen and oxygen atoms in total. The topological polar surface area (TPSA) is 148 Å². The summed E-state index contributed by atoms with van der Waals surface area (Å²) in [6.07, 6.45) is 0. The number of sulfone groups is 1. The summed E-state index contributed by atoms with van der Waals surface area (Å²) in [5, 5.41) is 19.5. The van der Waals surface area contributed by atoms with Gasteiger partial charge in [-0.25, -0.2) is 8.42 Å². The summed E-state index contributed by atoms with van der Waals surface area (Å²) in [4.78, 5) is -0.318. The number of nitrogen functional groups attached to an aromatic ring is 1. The van der Waals surface area contributed by atoms with Gasteiger partial charge in [0.25, 0.3) is 10.1 Å². The number of anilines is 1. The van der Waals surface area contributed by atoms with Crippen LogP contribution in [0.15, 0.2) is 91.6 Å². The van der Waals surface area contributed by atoms with E-state index in [0.29, 0.717) is 5.39 Å². The minimum atomic E-state index is -4.07. The number of rotatable bonds is 6. The van der Waals surface area contributed by atoms with Crippen LogP contribution in [0, 0.1) is 6.92 Å². The second kappa shape index (κ2) is 9.51. The second-order valence-corrected chi connectivity index (χ2v) is 11.9. The molecule has 0 amide bonds. The van der Waals surface area contributed by atoms with Crippen molar-refractivity contribution in [3.05, 3.63) is 77.3 Å². The van der Waals surface area contributed by atoms with E-state index in [-0.39, 0.29) is 42.2 Å². The van der Waals surface area contributed by atoms with Gasteiger partial charge in [-0.2, -0.15) is 8.42 Å². The fraction of sp³-hybridized carbons (Fsp3) is 0.0833. The van der Waals surface area contributed by atoms with Crippen LogP contribution in [-0.2, 0) is 24.1 Å². The maximum atomic E-state index is 13.3. The highest BCUT2D eigenvalue weighted by Crippen LogP contribution is 2.41. The third-order valence-corrected chi connectivity index (χ3v) is 8.69. The van der Waals surface area contributed by atoms with Crippen LogP contribution in [0.5, 0.6) is 5.75 Å². The fourth-order valence-corrected chi connectivity index (χ4v) is 5.76. The number of benzene rings is 4. The number of fused-ring (bicyclic) bond motifs is 1. The highest BCUT2D eigenvalue weighted by Gasteiger charge is 2.23. The molecule has 36 heavy (non-hydrogen) atoms. The van der Waals surface area contributed by atoms with Gasteiger partial charge in [-0.05, 0) is 54.8 Å².